The molecule has 0 bridgehead atoms. The first-order valence-electron chi connectivity index (χ1n) is 4.85. The molecule has 2 aliphatic rings. The second-order valence-electron chi connectivity index (χ2n) is 3.87. The molecule has 0 aromatic carbocycles. The van der Waals surface area contributed by atoms with Crippen LogP contribution in [0.2, 0.25) is 0 Å². The van der Waals surface area contributed by atoms with E-state index in [-0.39, 0.29) is 6.04 Å². The van der Waals surface area contributed by atoms with Crippen LogP contribution < -0.4 is 4.72 Å². The van der Waals surface area contributed by atoms with Crippen LogP contribution in [-0.4, -0.2) is 32.4 Å². The molecule has 1 aliphatic heterocycles. The van der Waals surface area contributed by atoms with Gasteiger partial charge in [0.2, 0.25) is 0 Å². The average Bonchev–Trinajstić information content (AvgIpc) is 2.83. The van der Waals surface area contributed by atoms with Crippen LogP contribution >= 0.6 is 0 Å². The zero-order chi connectivity index (χ0) is 9.47. The lowest BCUT2D eigenvalue weighted by atomic mass is 10.1. The molecule has 13 heavy (non-hydrogen) atoms. The van der Waals surface area contributed by atoms with Gasteiger partial charge in [0.15, 0.2) is 0 Å². The Morgan fingerprint density at radius 1 is 1.31 bits per heavy atom. The molecule has 4 nitrogen and oxygen atoms in total. The van der Waals surface area contributed by atoms with E-state index in [1.54, 1.807) is 4.31 Å². The van der Waals surface area contributed by atoms with Crippen LogP contribution in [0, 0.1) is 5.92 Å². The van der Waals surface area contributed by atoms with E-state index < -0.39 is 10.2 Å². The van der Waals surface area contributed by atoms with Gasteiger partial charge in [-0.15, -0.1) is 0 Å². The Morgan fingerprint density at radius 2 is 2.00 bits per heavy atom. The lowest BCUT2D eigenvalue weighted by Gasteiger charge is -2.22. The zero-order valence-corrected chi connectivity index (χ0v) is 8.68. The van der Waals surface area contributed by atoms with Crippen LogP contribution in [0.3, 0.4) is 0 Å². The SMILES string of the molecule is CNS(=O)(=O)N1CCCC1C1CC1. The standard InChI is InChI=1S/C8H16N2O2S/c1-9-13(11,12)10-6-2-3-8(10)7-4-5-7/h7-9H,2-6H2,1H3. The maximum absolute atomic E-state index is 11.6. The summed E-state index contributed by atoms with van der Waals surface area (Å²) < 4.78 is 27.2. The first-order chi connectivity index (χ1) is 6.15. The number of hydrogen-bond acceptors (Lipinski definition) is 2. The molecule has 1 saturated carbocycles. The quantitative estimate of drug-likeness (QED) is 0.720. The first kappa shape index (κ1) is 9.43. The molecule has 1 atom stereocenters. The number of nitrogens with one attached hydrogen (secondary N) is 1. The van der Waals surface area contributed by atoms with Gasteiger partial charge in [-0.2, -0.15) is 12.7 Å². The molecule has 2 rings (SSSR count). The summed E-state index contributed by atoms with van der Waals surface area (Å²) in [6.07, 6.45) is 4.48. The fourth-order valence-electron chi connectivity index (χ4n) is 2.13. The summed E-state index contributed by atoms with van der Waals surface area (Å²) >= 11 is 0. The summed E-state index contributed by atoms with van der Waals surface area (Å²) in [7, 11) is -1.69. The summed E-state index contributed by atoms with van der Waals surface area (Å²) in [6, 6.07) is 0.289. The molecule has 0 spiro atoms. The van der Waals surface area contributed by atoms with E-state index in [0.29, 0.717) is 12.5 Å². The average molecular weight is 204 g/mol. The Bertz CT molecular complexity index is 285. The van der Waals surface area contributed by atoms with Gasteiger partial charge in [0.05, 0.1) is 0 Å². The Balaban J connectivity index is 2.13. The first-order valence-corrected chi connectivity index (χ1v) is 6.29. The van der Waals surface area contributed by atoms with Crippen LogP contribution in [0.25, 0.3) is 0 Å². The van der Waals surface area contributed by atoms with Crippen molar-refractivity contribution < 1.29 is 8.42 Å². The highest BCUT2D eigenvalue weighted by Gasteiger charge is 2.42. The third kappa shape index (κ3) is 1.73. The van der Waals surface area contributed by atoms with E-state index in [0.717, 1.165) is 12.8 Å². The predicted octanol–water partition coefficient (Wildman–Crippen LogP) is 0.325. The zero-order valence-electron chi connectivity index (χ0n) is 7.86. The fourth-order valence-corrected chi connectivity index (χ4v) is 3.37. The largest absolute Gasteiger partial charge is 0.279 e. The Morgan fingerprint density at radius 3 is 2.54 bits per heavy atom. The van der Waals surface area contributed by atoms with Crippen molar-refractivity contribution >= 4 is 10.2 Å². The van der Waals surface area contributed by atoms with E-state index in [1.807, 2.05) is 0 Å². The number of hydrogen-bond donors (Lipinski definition) is 1. The van der Waals surface area contributed by atoms with E-state index in [2.05, 4.69) is 4.72 Å². The molecule has 0 aromatic rings. The molecular formula is C8H16N2O2S. The van der Waals surface area contributed by atoms with Crippen molar-refractivity contribution in [2.45, 2.75) is 31.7 Å². The van der Waals surface area contributed by atoms with E-state index in [1.165, 1.54) is 19.9 Å². The lowest BCUT2D eigenvalue weighted by molar-refractivity contribution is 0.353. The van der Waals surface area contributed by atoms with Crippen LogP contribution in [0.15, 0.2) is 0 Å². The Labute approximate surface area is 79.5 Å². The van der Waals surface area contributed by atoms with Crippen molar-refractivity contribution in [3.8, 4) is 0 Å². The molecule has 2 fully saturated rings. The minimum Gasteiger partial charge on any atom is -0.205 e. The smallest absolute Gasteiger partial charge is 0.205 e. The second-order valence-corrected chi connectivity index (χ2v) is 5.69. The van der Waals surface area contributed by atoms with Crippen molar-refractivity contribution in [3.05, 3.63) is 0 Å². The van der Waals surface area contributed by atoms with Crippen molar-refractivity contribution in [1.29, 1.82) is 0 Å². The van der Waals surface area contributed by atoms with Crippen LogP contribution in [-0.2, 0) is 10.2 Å². The maximum Gasteiger partial charge on any atom is 0.279 e. The molecule has 1 aliphatic carbocycles. The minimum atomic E-state index is -3.17. The number of nitrogens with zero attached hydrogens (tertiary/aromatic N) is 1. The molecule has 0 amide bonds. The Kier molecular flexibility index (Phi) is 2.33. The van der Waals surface area contributed by atoms with Crippen LogP contribution in [0.5, 0.6) is 0 Å². The van der Waals surface area contributed by atoms with Crippen molar-refractivity contribution in [2.75, 3.05) is 13.6 Å². The van der Waals surface area contributed by atoms with E-state index >= 15 is 0 Å². The normalized spacial score (nSPS) is 31.0. The van der Waals surface area contributed by atoms with Gasteiger partial charge in [0, 0.05) is 19.6 Å². The highest BCUT2D eigenvalue weighted by atomic mass is 32.2. The topological polar surface area (TPSA) is 49.4 Å². The summed E-state index contributed by atoms with van der Waals surface area (Å²) in [5, 5.41) is 0. The van der Waals surface area contributed by atoms with E-state index in [9.17, 15) is 8.42 Å². The van der Waals surface area contributed by atoms with Crippen LogP contribution in [0.4, 0.5) is 0 Å². The molecular weight excluding hydrogens is 188 g/mol. The van der Waals surface area contributed by atoms with Crippen molar-refractivity contribution in [3.63, 3.8) is 0 Å². The van der Waals surface area contributed by atoms with Gasteiger partial charge in [0.25, 0.3) is 10.2 Å². The van der Waals surface area contributed by atoms with Gasteiger partial charge in [-0.1, -0.05) is 0 Å². The van der Waals surface area contributed by atoms with Gasteiger partial charge in [-0.25, -0.2) is 4.72 Å². The summed E-state index contributed by atoms with van der Waals surface area (Å²) in [6.45, 7) is 0.699. The molecule has 5 heteroatoms. The predicted molar refractivity (Wildman–Crippen MR) is 50.4 cm³/mol. The highest BCUT2D eigenvalue weighted by Crippen LogP contribution is 2.40. The molecule has 76 valence electrons. The van der Waals surface area contributed by atoms with Gasteiger partial charge in [-0.05, 0) is 31.6 Å². The van der Waals surface area contributed by atoms with Crippen LogP contribution in [0.1, 0.15) is 25.7 Å². The molecule has 0 aromatic heterocycles. The Hall–Kier alpha value is -0.130. The van der Waals surface area contributed by atoms with Gasteiger partial charge < -0.3 is 0 Å². The maximum atomic E-state index is 11.6. The summed E-state index contributed by atoms with van der Waals surface area (Å²) in [5.74, 6) is 0.644. The molecule has 1 saturated heterocycles. The molecule has 1 unspecified atom stereocenters. The summed E-state index contributed by atoms with van der Waals surface area (Å²) in [5.41, 5.74) is 0. The lowest BCUT2D eigenvalue weighted by Crippen LogP contribution is -2.42. The third-order valence-electron chi connectivity index (χ3n) is 2.98. The monoisotopic (exact) mass is 204 g/mol. The summed E-state index contributed by atoms with van der Waals surface area (Å²) in [4.78, 5) is 0. The van der Waals surface area contributed by atoms with Gasteiger partial charge in [-0.3, -0.25) is 0 Å². The third-order valence-corrected chi connectivity index (χ3v) is 4.57. The van der Waals surface area contributed by atoms with E-state index in [4.69, 9.17) is 0 Å². The van der Waals surface area contributed by atoms with Gasteiger partial charge >= 0.3 is 0 Å². The second kappa shape index (κ2) is 3.22. The molecule has 1 N–H and O–H groups in total. The molecule has 1 heterocycles. The highest BCUT2D eigenvalue weighted by molar-refractivity contribution is 7.87. The van der Waals surface area contributed by atoms with Crippen molar-refractivity contribution in [2.24, 2.45) is 5.92 Å². The minimum absolute atomic E-state index is 0.289. The number of rotatable bonds is 3. The van der Waals surface area contributed by atoms with Gasteiger partial charge in [0.1, 0.15) is 0 Å². The fraction of sp³-hybridized carbons (Fsp3) is 1.00. The van der Waals surface area contributed by atoms with Crippen molar-refractivity contribution in [1.82, 2.24) is 9.03 Å². The molecule has 0 radical (unpaired) electrons.